The molecule has 0 saturated carbocycles. The highest BCUT2D eigenvalue weighted by atomic mass is 16.5. The quantitative estimate of drug-likeness (QED) is 0.748. The summed E-state index contributed by atoms with van der Waals surface area (Å²) in [5.41, 5.74) is 1.27. The molecule has 2 aromatic carbocycles. The molecule has 0 aliphatic carbocycles. The van der Waals surface area contributed by atoms with Crippen LogP contribution in [0.1, 0.15) is 39.2 Å². The Morgan fingerprint density at radius 3 is 2.65 bits per heavy atom. The molecular formula is C18H25NO. The van der Waals surface area contributed by atoms with E-state index in [9.17, 15) is 0 Å². The van der Waals surface area contributed by atoms with Gasteiger partial charge in [0.25, 0.3) is 0 Å². The van der Waals surface area contributed by atoms with Crippen molar-refractivity contribution in [2.24, 2.45) is 0 Å². The fraction of sp³-hybridized carbons (Fsp3) is 0.444. The third-order valence-electron chi connectivity index (χ3n) is 3.63. The Balaban J connectivity index is 2.36. The van der Waals surface area contributed by atoms with Gasteiger partial charge in [-0.3, -0.25) is 0 Å². The van der Waals surface area contributed by atoms with Crippen LogP contribution in [0.25, 0.3) is 10.8 Å². The van der Waals surface area contributed by atoms with Gasteiger partial charge in [0, 0.05) is 12.1 Å². The minimum Gasteiger partial charge on any atom is -0.490 e. The van der Waals surface area contributed by atoms with Crippen LogP contribution in [0.5, 0.6) is 5.75 Å². The molecule has 1 unspecified atom stereocenters. The second kappa shape index (κ2) is 7.30. The summed E-state index contributed by atoms with van der Waals surface area (Å²) in [7, 11) is 0. The maximum atomic E-state index is 6.09. The highest BCUT2D eigenvalue weighted by Gasteiger charge is 2.10. The lowest BCUT2D eigenvalue weighted by Gasteiger charge is -2.18. The smallest absolute Gasteiger partial charge is 0.124 e. The number of fused-ring (bicyclic) bond motifs is 1. The van der Waals surface area contributed by atoms with Crippen LogP contribution in [0.15, 0.2) is 36.4 Å². The van der Waals surface area contributed by atoms with E-state index in [-0.39, 0.29) is 6.10 Å². The molecule has 0 radical (unpaired) electrons. The second-order valence-electron chi connectivity index (χ2n) is 5.28. The lowest BCUT2D eigenvalue weighted by Crippen LogP contribution is -2.17. The zero-order valence-corrected chi connectivity index (χ0v) is 12.8. The molecule has 0 fully saturated rings. The molecule has 0 aliphatic rings. The van der Waals surface area contributed by atoms with E-state index in [1.54, 1.807) is 0 Å². The summed E-state index contributed by atoms with van der Waals surface area (Å²) in [4.78, 5) is 0. The molecule has 0 aliphatic heterocycles. The molecule has 2 aromatic rings. The minimum atomic E-state index is 0.251. The average Bonchev–Trinajstić information content (AvgIpc) is 2.49. The Morgan fingerprint density at radius 1 is 1.10 bits per heavy atom. The summed E-state index contributed by atoms with van der Waals surface area (Å²) >= 11 is 0. The standard InChI is InChI=1S/C18H25NO/c1-4-12-19-13-17-16-9-7-6-8-15(16)10-11-18(17)20-14(3)5-2/h6-11,14,19H,4-5,12-13H2,1-3H3. The number of benzene rings is 2. The van der Waals surface area contributed by atoms with Gasteiger partial charge in [0.15, 0.2) is 0 Å². The maximum absolute atomic E-state index is 6.09. The average molecular weight is 271 g/mol. The van der Waals surface area contributed by atoms with Crippen molar-refractivity contribution in [2.45, 2.75) is 46.3 Å². The Labute approximate surface area is 122 Å². The van der Waals surface area contributed by atoms with Crippen molar-refractivity contribution in [2.75, 3.05) is 6.54 Å². The predicted molar refractivity (Wildman–Crippen MR) is 86.3 cm³/mol. The Hall–Kier alpha value is -1.54. The molecule has 108 valence electrons. The van der Waals surface area contributed by atoms with E-state index in [1.165, 1.54) is 16.3 Å². The van der Waals surface area contributed by atoms with Gasteiger partial charge in [-0.25, -0.2) is 0 Å². The second-order valence-corrected chi connectivity index (χ2v) is 5.28. The van der Waals surface area contributed by atoms with Crippen LogP contribution in [-0.2, 0) is 6.54 Å². The summed E-state index contributed by atoms with van der Waals surface area (Å²) in [6.07, 6.45) is 2.42. The first-order valence-corrected chi connectivity index (χ1v) is 7.64. The van der Waals surface area contributed by atoms with Crippen LogP contribution in [-0.4, -0.2) is 12.6 Å². The topological polar surface area (TPSA) is 21.3 Å². The van der Waals surface area contributed by atoms with Crippen LogP contribution in [0.4, 0.5) is 0 Å². The first-order valence-electron chi connectivity index (χ1n) is 7.64. The van der Waals surface area contributed by atoms with Gasteiger partial charge in [-0.2, -0.15) is 0 Å². The largest absolute Gasteiger partial charge is 0.490 e. The van der Waals surface area contributed by atoms with Crippen molar-refractivity contribution in [1.82, 2.24) is 5.32 Å². The first-order chi connectivity index (χ1) is 9.76. The molecule has 0 heterocycles. The van der Waals surface area contributed by atoms with E-state index in [0.29, 0.717) is 0 Å². The van der Waals surface area contributed by atoms with E-state index >= 15 is 0 Å². The summed E-state index contributed by atoms with van der Waals surface area (Å²) < 4.78 is 6.09. The maximum Gasteiger partial charge on any atom is 0.124 e. The van der Waals surface area contributed by atoms with Gasteiger partial charge < -0.3 is 10.1 Å². The van der Waals surface area contributed by atoms with Crippen molar-refractivity contribution >= 4 is 10.8 Å². The molecule has 2 rings (SSSR count). The van der Waals surface area contributed by atoms with Gasteiger partial charge in [0.05, 0.1) is 6.10 Å². The number of nitrogens with one attached hydrogen (secondary N) is 1. The molecule has 0 aromatic heterocycles. The molecule has 0 spiro atoms. The Bertz CT molecular complexity index is 550. The third kappa shape index (κ3) is 3.51. The first kappa shape index (κ1) is 14.9. The van der Waals surface area contributed by atoms with Crippen LogP contribution in [0, 0.1) is 0 Å². The van der Waals surface area contributed by atoms with Crippen molar-refractivity contribution in [3.63, 3.8) is 0 Å². The van der Waals surface area contributed by atoms with Crippen molar-refractivity contribution in [3.05, 3.63) is 42.0 Å². The highest BCUT2D eigenvalue weighted by molar-refractivity contribution is 5.87. The predicted octanol–water partition coefficient (Wildman–Crippen LogP) is 4.52. The summed E-state index contributed by atoms with van der Waals surface area (Å²) in [5, 5.41) is 6.06. The number of hydrogen-bond acceptors (Lipinski definition) is 2. The Morgan fingerprint density at radius 2 is 1.90 bits per heavy atom. The zero-order chi connectivity index (χ0) is 14.4. The molecule has 20 heavy (non-hydrogen) atoms. The van der Waals surface area contributed by atoms with Crippen molar-refractivity contribution in [1.29, 1.82) is 0 Å². The van der Waals surface area contributed by atoms with E-state index in [2.05, 4.69) is 62.5 Å². The molecule has 2 heteroatoms. The molecule has 2 nitrogen and oxygen atoms in total. The number of rotatable bonds is 7. The normalized spacial score (nSPS) is 12.6. The number of ether oxygens (including phenoxy) is 1. The fourth-order valence-corrected chi connectivity index (χ4v) is 2.30. The minimum absolute atomic E-state index is 0.251. The highest BCUT2D eigenvalue weighted by Crippen LogP contribution is 2.29. The van der Waals surface area contributed by atoms with E-state index < -0.39 is 0 Å². The van der Waals surface area contributed by atoms with Crippen LogP contribution in [0.2, 0.25) is 0 Å². The van der Waals surface area contributed by atoms with Gasteiger partial charge in [-0.05, 0) is 43.1 Å². The SMILES string of the molecule is CCCNCc1c(OC(C)CC)ccc2ccccc12. The van der Waals surface area contributed by atoms with Gasteiger partial charge in [-0.1, -0.05) is 44.2 Å². The van der Waals surface area contributed by atoms with E-state index in [0.717, 1.165) is 31.7 Å². The van der Waals surface area contributed by atoms with Crippen LogP contribution < -0.4 is 10.1 Å². The van der Waals surface area contributed by atoms with Crippen molar-refractivity contribution < 1.29 is 4.74 Å². The van der Waals surface area contributed by atoms with Gasteiger partial charge >= 0.3 is 0 Å². The summed E-state index contributed by atoms with van der Waals surface area (Å²) in [5.74, 6) is 1.02. The van der Waals surface area contributed by atoms with Gasteiger partial charge in [0.1, 0.15) is 5.75 Å². The molecule has 0 amide bonds. The molecular weight excluding hydrogens is 246 g/mol. The Kier molecular flexibility index (Phi) is 5.42. The van der Waals surface area contributed by atoms with E-state index in [1.807, 2.05) is 0 Å². The van der Waals surface area contributed by atoms with Crippen LogP contribution in [0.3, 0.4) is 0 Å². The molecule has 1 atom stereocenters. The van der Waals surface area contributed by atoms with Crippen molar-refractivity contribution in [3.8, 4) is 5.75 Å². The summed E-state index contributed by atoms with van der Waals surface area (Å²) in [6.45, 7) is 8.36. The van der Waals surface area contributed by atoms with E-state index in [4.69, 9.17) is 4.74 Å². The number of hydrogen-bond donors (Lipinski definition) is 1. The monoisotopic (exact) mass is 271 g/mol. The molecule has 0 saturated heterocycles. The molecule has 1 N–H and O–H groups in total. The zero-order valence-electron chi connectivity index (χ0n) is 12.8. The summed E-state index contributed by atoms with van der Waals surface area (Å²) in [6, 6.07) is 12.8. The molecule has 0 bridgehead atoms. The van der Waals surface area contributed by atoms with Crippen LogP contribution >= 0.6 is 0 Å². The van der Waals surface area contributed by atoms with Gasteiger partial charge in [0.2, 0.25) is 0 Å². The fourth-order valence-electron chi connectivity index (χ4n) is 2.30. The lowest BCUT2D eigenvalue weighted by atomic mass is 10.0. The van der Waals surface area contributed by atoms with Gasteiger partial charge in [-0.15, -0.1) is 0 Å². The lowest BCUT2D eigenvalue weighted by molar-refractivity contribution is 0.215. The third-order valence-corrected chi connectivity index (χ3v) is 3.63.